The monoisotopic (exact) mass is 536 g/mol. The lowest BCUT2D eigenvalue weighted by atomic mass is 10.1. The van der Waals surface area contributed by atoms with Crippen molar-refractivity contribution in [3.8, 4) is 11.5 Å². The van der Waals surface area contributed by atoms with E-state index in [1.54, 1.807) is 78.9 Å². The number of nitrogens with zero attached hydrogens (tertiary/aromatic N) is 2. The molecule has 39 heavy (non-hydrogen) atoms. The van der Waals surface area contributed by atoms with Gasteiger partial charge in [0, 0.05) is 11.3 Å². The molecule has 5 rings (SSSR count). The maximum Gasteiger partial charge on any atom is 0.269 e. The van der Waals surface area contributed by atoms with E-state index in [4.69, 9.17) is 17.0 Å². The second-order valence-corrected chi connectivity index (χ2v) is 9.04. The molecule has 0 aliphatic carbocycles. The van der Waals surface area contributed by atoms with Crippen LogP contribution in [0, 0.1) is 0 Å². The molecule has 3 amide bonds. The van der Waals surface area contributed by atoms with E-state index in [9.17, 15) is 14.4 Å². The third-order valence-corrected chi connectivity index (χ3v) is 6.38. The first-order chi connectivity index (χ1) is 19.0. The summed E-state index contributed by atoms with van der Waals surface area (Å²) in [5, 5.41) is 4.10. The van der Waals surface area contributed by atoms with Crippen molar-refractivity contribution in [3.63, 3.8) is 0 Å². The van der Waals surface area contributed by atoms with E-state index < -0.39 is 17.9 Å². The van der Waals surface area contributed by atoms with Crippen LogP contribution in [-0.4, -0.2) is 33.9 Å². The molecular formula is C30H24N4O4S. The fourth-order valence-electron chi connectivity index (χ4n) is 4.08. The summed E-state index contributed by atoms with van der Waals surface area (Å²) >= 11 is 5.64. The van der Waals surface area contributed by atoms with Gasteiger partial charge >= 0.3 is 0 Å². The first-order valence-electron chi connectivity index (χ1n) is 12.2. The van der Waals surface area contributed by atoms with Crippen LogP contribution >= 0.6 is 12.2 Å². The number of carbonyl (C=O) groups excluding carboxylic acids is 3. The number of nitrogens with one attached hydrogen (secondary N) is 2. The van der Waals surface area contributed by atoms with E-state index in [0.717, 1.165) is 0 Å². The molecule has 1 aliphatic heterocycles. The zero-order valence-electron chi connectivity index (χ0n) is 20.7. The Balaban J connectivity index is 1.36. The average molecular weight is 537 g/mol. The fourth-order valence-corrected chi connectivity index (χ4v) is 4.46. The summed E-state index contributed by atoms with van der Waals surface area (Å²) in [6.45, 7) is 0. The van der Waals surface area contributed by atoms with Crippen LogP contribution in [-0.2, 0) is 9.59 Å². The zero-order chi connectivity index (χ0) is 27.2. The summed E-state index contributed by atoms with van der Waals surface area (Å²) in [5.74, 6) is -0.0213. The molecule has 0 saturated carbocycles. The second kappa shape index (κ2) is 11.6. The number of benzene rings is 4. The van der Waals surface area contributed by atoms with Gasteiger partial charge in [-0.1, -0.05) is 54.6 Å². The molecule has 0 aromatic heterocycles. The van der Waals surface area contributed by atoms with E-state index >= 15 is 0 Å². The summed E-state index contributed by atoms with van der Waals surface area (Å²) in [7, 11) is 0. The van der Waals surface area contributed by atoms with Crippen LogP contribution in [0.15, 0.2) is 115 Å². The SMILES string of the molecule is O=C(NN1C(=S)N(c2ccccc2)C(=O)CC1C(=O)Nc1ccc(Oc2ccccc2)cc1)c1ccccc1. The Morgan fingerprint density at radius 1 is 0.769 bits per heavy atom. The van der Waals surface area contributed by atoms with Gasteiger partial charge in [0.1, 0.15) is 17.5 Å². The van der Waals surface area contributed by atoms with Gasteiger partial charge in [0.05, 0.1) is 12.1 Å². The van der Waals surface area contributed by atoms with Crippen LogP contribution in [0.4, 0.5) is 11.4 Å². The van der Waals surface area contributed by atoms with Crippen molar-refractivity contribution in [1.82, 2.24) is 10.4 Å². The maximum absolute atomic E-state index is 13.4. The molecular weight excluding hydrogens is 512 g/mol. The number of ether oxygens (including phenoxy) is 1. The van der Waals surface area contributed by atoms with E-state index in [-0.39, 0.29) is 17.4 Å². The average Bonchev–Trinajstić information content (AvgIpc) is 2.97. The summed E-state index contributed by atoms with van der Waals surface area (Å²) in [6, 6.07) is 32.5. The molecule has 9 heteroatoms. The number of hydrogen-bond acceptors (Lipinski definition) is 5. The minimum atomic E-state index is -1.07. The molecule has 0 radical (unpaired) electrons. The summed E-state index contributed by atoms with van der Waals surface area (Å²) in [5.41, 5.74) is 4.16. The van der Waals surface area contributed by atoms with E-state index in [1.807, 2.05) is 36.4 Å². The predicted octanol–water partition coefficient (Wildman–Crippen LogP) is 5.15. The molecule has 4 aromatic rings. The lowest BCUT2D eigenvalue weighted by molar-refractivity contribution is -0.127. The number of carbonyl (C=O) groups is 3. The Labute approximate surface area is 230 Å². The van der Waals surface area contributed by atoms with E-state index in [2.05, 4.69) is 10.7 Å². The fraction of sp³-hybridized carbons (Fsp3) is 0.0667. The summed E-state index contributed by atoms with van der Waals surface area (Å²) < 4.78 is 5.80. The molecule has 0 bridgehead atoms. The quantitative estimate of drug-likeness (QED) is 0.317. The third-order valence-electron chi connectivity index (χ3n) is 6.00. The second-order valence-electron chi connectivity index (χ2n) is 8.67. The molecule has 4 aromatic carbocycles. The number of para-hydroxylation sites is 2. The lowest BCUT2D eigenvalue weighted by Crippen LogP contribution is -2.65. The van der Waals surface area contributed by atoms with E-state index in [1.165, 1.54) is 9.91 Å². The smallest absolute Gasteiger partial charge is 0.269 e. The van der Waals surface area contributed by atoms with Gasteiger partial charge in [-0.25, -0.2) is 5.01 Å². The standard InChI is InChI=1S/C30H24N4O4S/c35-27-20-26(29(37)31-22-16-18-25(19-17-22)38-24-14-8-3-9-15-24)34(32-28(36)21-10-4-1-5-11-21)30(39)33(27)23-12-6-2-7-13-23/h1-19,26H,20H2,(H,31,37)(H,32,36). The van der Waals surface area contributed by atoms with Gasteiger partial charge in [0.15, 0.2) is 0 Å². The molecule has 1 atom stereocenters. The number of anilines is 2. The lowest BCUT2D eigenvalue weighted by Gasteiger charge is -2.41. The molecule has 1 heterocycles. The van der Waals surface area contributed by atoms with Gasteiger partial charge in [-0.2, -0.15) is 0 Å². The van der Waals surface area contributed by atoms with Crippen LogP contribution in [0.5, 0.6) is 11.5 Å². The van der Waals surface area contributed by atoms with Crippen molar-refractivity contribution >= 4 is 46.4 Å². The highest BCUT2D eigenvalue weighted by atomic mass is 32.1. The Kier molecular flexibility index (Phi) is 7.60. The van der Waals surface area contributed by atoms with Crippen molar-refractivity contribution in [2.45, 2.75) is 12.5 Å². The highest BCUT2D eigenvalue weighted by molar-refractivity contribution is 7.80. The van der Waals surface area contributed by atoms with E-state index in [0.29, 0.717) is 28.4 Å². The first-order valence-corrected chi connectivity index (χ1v) is 12.6. The number of rotatable bonds is 7. The third kappa shape index (κ3) is 5.94. The molecule has 194 valence electrons. The summed E-state index contributed by atoms with van der Waals surface area (Å²) in [4.78, 5) is 41.0. The topological polar surface area (TPSA) is 91.0 Å². The molecule has 2 N–H and O–H groups in total. The summed E-state index contributed by atoms with van der Waals surface area (Å²) in [6.07, 6.45) is -0.203. The molecule has 1 unspecified atom stereocenters. The Morgan fingerprint density at radius 2 is 1.33 bits per heavy atom. The minimum absolute atomic E-state index is 0.00603. The largest absolute Gasteiger partial charge is 0.457 e. The van der Waals surface area contributed by atoms with Crippen LogP contribution in [0.1, 0.15) is 16.8 Å². The highest BCUT2D eigenvalue weighted by Gasteiger charge is 2.42. The van der Waals surface area contributed by atoms with Crippen molar-refractivity contribution < 1.29 is 19.1 Å². The van der Waals surface area contributed by atoms with Crippen LogP contribution in [0.2, 0.25) is 0 Å². The maximum atomic E-state index is 13.4. The van der Waals surface area contributed by atoms with Gasteiger partial charge in [-0.15, -0.1) is 0 Å². The zero-order valence-corrected chi connectivity index (χ0v) is 21.5. The Hall–Kier alpha value is -5.02. The van der Waals surface area contributed by atoms with Gasteiger partial charge in [0.25, 0.3) is 5.91 Å². The highest BCUT2D eigenvalue weighted by Crippen LogP contribution is 2.26. The van der Waals surface area contributed by atoms with Gasteiger partial charge < -0.3 is 10.1 Å². The molecule has 0 spiro atoms. The molecule has 1 fully saturated rings. The van der Waals surface area contributed by atoms with Gasteiger partial charge in [-0.05, 0) is 72.9 Å². The number of hydrogen-bond donors (Lipinski definition) is 2. The van der Waals surface area contributed by atoms with Crippen molar-refractivity contribution in [1.29, 1.82) is 0 Å². The first kappa shape index (κ1) is 25.6. The molecule has 1 saturated heterocycles. The minimum Gasteiger partial charge on any atom is -0.457 e. The van der Waals surface area contributed by atoms with Crippen molar-refractivity contribution in [2.24, 2.45) is 0 Å². The predicted molar refractivity (Wildman–Crippen MR) is 152 cm³/mol. The van der Waals surface area contributed by atoms with Gasteiger partial charge in [0.2, 0.25) is 16.9 Å². The molecule has 1 aliphatic rings. The van der Waals surface area contributed by atoms with Crippen molar-refractivity contribution in [3.05, 3.63) is 121 Å². The normalized spacial score (nSPS) is 15.0. The van der Waals surface area contributed by atoms with Crippen LogP contribution in [0.3, 0.4) is 0 Å². The van der Waals surface area contributed by atoms with Crippen LogP contribution < -0.4 is 20.4 Å². The number of amides is 3. The van der Waals surface area contributed by atoms with Crippen LogP contribution in [0.25, 0.3) is 0 Å². The number of thiocarbonyl (C=S) groups is 1. The Bertz CT molecular complexity index is 1480. The number of hydrazine groups is 1. The Morgan fingerprint density at radius 3 is 1.97 bits per heavy atom. The van der Waals surface area contributed by atoms with Crippen molar-refractivity contribution in [2.75, 3.05) is 10.2 Å². The van der Waals surface area contributed by atoms with Gasteiger partial charge in [-0.3, -0.25) is 24.7 Å². The molecule has 8 nitrogen and oxygen atoms in total.